The van der Waals surface area contributed by atoms with Crippen LogP contribution < -0.4 is 15.2 Å². The van der Waals surface area contributed by atoms with E-state index in [1.807, 2.05) is 30.3 Å². The summed E-state index contributed by atoms with van der Waals surface area (Å²) in [5.41, 5.74) is 3.52. The number of para-hydroxylation sites is 1. The molecule has 2 rings (SSSR count). The number of sulfonamides is 1. The van der Waals surface area contributed by atoms with Crippen molar-refractivity contribution in [2.24, 2.45) is 0 Å². The first-order chi connectivity index (χ1) is 11.4. The van der Waals surface area contributed by atoms with Crippen LogP contribution in [0.2, 0.25) is 0 Å². The molecule has 0 fully saturated rings. The number of nitrogens with zero attached hydrogens (tertiary/aromatic N) is 1. The predicted octanol–water partition coefficient (Wildman–Crippen LogP) is 2.29. The molecule has 0 unspecified atom stereocenters. The van der Waals surface area contributed by atoms with E-state index in [2.05, 4.69) is 26.1 Å². The maximum atomic E-state index is 12.1. The molecule has 0 saturated carbocycles. The second-order valence-corrected chi connectivity index (χ2v) is 7.71. The fourth-order valence-electron chi connectivity index (χ4n) is 1.96. The minimum Gasteiger partial charge on any atom is -0.289 e. The SMILES string of the molecule is CN(NC(=O)CCNS(=O)(=O)c1ccc(Br)cc1)c1ccccc1. The highest BCUT2D eigenvalue weighted by Crippen LogP contribution is 2.14. The zero-order valence-corrected chi connectivity index (χ0v) is 15.5. The fraction of sp³-hybridized carbons (Fsp3) is 0.188. The Kier molecular flexibility index (Phi) is 6.36. The van der Waals surface area contributed by atoms with Crippen LogP contribution in [0.15, 0.2) is 64.0 Å². The van der Waals surface area contributed by atoms with Crippen LogP contribution in [0, 0.1) is 0 Å². The Morgan fingerprint density at radius 1 is 1.08 bits per heavy atom. The van der Waals surface area contributed by atoms with Gasteiger partial charge in [-0.15, -0.1) is 0 Å². The van der Waals surface area contributed by atoms with Crippen molar-refractivity contribution in [2.45, 2.75) is 11.3 Å². The van der Waals surface area contributed by atoms with Gasteiger partial charge in [0.1, 0.15) is 0 Å². The number of hydrogen-bond acceptors (Lipinski definition) is 4. The first-order valence-corrected chi connectivity index (χ1v) is 9.49. The number of hydrogen-bond donors (Lipinski definition) is 2. The normalized spacial score (nSPS) is 11.1. The van der Waals surface area contributed by atoms with Crippen LogP contribution in [0.1, 0.15) is 6.42 Å². The molecule has 0 aliphatic rings. The Bertz CT molecular complexity index is 780. The number of anilines is 1. The smallest absolute Gasteiger partial charge is 0.240 e. The van der Waals surface area contributed by atoms with Gasteiger partial charge in [0.05, 0.1) is 10.6 Å². The molecule has 1 amide bonds. The maximum Gasteiger partial charge on any atom is 0.240 e. The quantitative estimate of drug-likeness (QED) is 0.685. The average Bonchev–Trinajstić information content (AvgIpc) is 2.56. The highest BCUT2D eigenvalue weighted by Gasteiger charge is 2.14. The van der Waals surface area contributed by atoms with Gasteiger partial charge >= 0.3 is 0 Å². The molecule has 0 radical (unpaired) electrons. The first kappa shape index (κ1) is 18.4. The number of nitrogens with one attached hydrogen (secondary N) is 2. The van der Waals surface area contributed by atoms with Crippen LogP contribution in [0.5, 0.6) is 0 Å². The number of halogens is 1. The van der Waals surface area contributed by atoms with Crippen molar-refractivity contribution in [1.82, 2.24) is 10.1 Å². The van der Waals surface area contributed by atoms with Gasteiger partial charge in [-0.1, -0.05) is 34.1 Å². The zero-order chi connectivity index (χ0) is 17.6. The Morgan fingerprint density at radius 3 is 2.33 bits per heavy atom. The number of rotatable bonds is 7. The van der Waals surface area contributed by atoms with Crippen LogP contribution in [0.25, 0.3) is 0 Å². The van der Waals surface area contributed by atoms with Gasteiger partial charge in [-0.2, -0.15) is 0 Å². The lowest BCUT2D eigenvalue weighted by molar-refractivity contribution is -0.121. The molecule has 2 N–H and O–H groups in total. The number of hydrazine groups is 1. The highest BCUT2D eigenvalue weighted by molar-refractivity contribution is 9.10. The molecule has 0 spiro atoms. The molecule has 0 atom stereocenters. The third-order valence-electron chi connectivity index (χ3n) is 3.20. The third-order valence-corrected chi connectivity index (χ3v) is 5.21. The molecule has 128 valence electrons. The van der Waals surface area contributed by atoms with E-state index < -0.39 is 10.0 Å². The van der Waals surface area contributed by atoms with Crippen molar-refractivity contribution in [1.29, 1.82) is 0 Å². The molecule has 0 heterocycles. The van der Waals surface area contributed by atoms with E-state index in [1.54, 1.807) is 24.2 Å². The van der Waals surface area contributed by atoms with Crippen molar-refractivity contribution in [3.63, 3.8) is 0 Å². The zero-order valence-electron chi connectivity index (χ0n) is 13.1. The second-order valence-electron chi connectivity index (χ2n) is 5.03. The summed E-state index contributed by atoms with van der Waals surface area (Å²) in [5, 5.41) is 1.59. The molecular weight excluding hydrogens is 394 g/mol. The molecule has 24 heavy (non-hydrogen) atoms. The summed E-state index contributed by atoms with van der Waals surface area (Å²) in [6, 6.07) is 15.6. The topological polar surface area (TPSA) is 78.5 Å². The van der Waals surface area contributed by atoms with Crippen LogP contribution in [-0.2, 0) is 14.8 Å². The lowest BCUT2D eigenvalue weighted by atomic mass is 10.3. The molecule has 2 aromatic carbocycles. The van der Waals surface area contributed by atoms with Crippen LogP contribution >= 0.6 is 15.9 Å². The molecule has 6 nitrogen and oxygen atoms in total. The molecule has 2 aromatic rings. The van der Waals surface area contributed by atoms with E-state index in [0.717, 1.165) is 10.2 Å². The largest absolute Gasteiger partial charge is 0.289 e. The maximum absolute atomic E-state index is 12.1. The van der Waals surface area contributed by atoms with Crippen molar-refractivity contribution in [2.75, 3.05) is 18.6 Å². The van der Waals surface area contributed by atoms with E-state index >= 15 is 0 Å². The Labute approximate surface area is 150 Å². The Balaban J connectivity index is 1.83. The Morgan fingerprint density at radius 2 is 1.71 bits per heavy atom. The highest BCUT2D eigenvalue weighted by atomic mass is 79.9. The van der Waals surface area contributed by atoms with Gasteiger partial charge in [0.15, 0.2) is 0 Å². The summed E-state index contributed by atoms with van der Waals surface area (Å²) < 4.78 is 27.4. The van der Waals surface area contributed by atoms with Gasteiger partial charge in [-0.05, 0) is 36.4 Å². The van der Waals surface area contributed by atoms with Crippen LogP contribution in [0.4, 0.5) is 5.69 Å². The lowest BCUT2D eigenvalue weighted by Crippen LogP contribution is -2.40. The molecule has 0 aliphatic carbocycles. The van der Waals surface area contributed by atoms with E-state index in [-0.39, 0.29) is 23.8 Å². The fourth-order valence-corrected chi connectivity index (χ4v) is 3.25. The summed E-state index contributed by atoms with van der Waals surface area (Å²) in [4.78, 5) is 12.1. The molecule has 0 saturated heterocycles. The lowest BCUT2D eigenvalue weighted by Gasteiger charge is -2.20. The van der Waals surface area contributed by atoms with Crippen LogP contribution in [-0.4, -0.2) is 27.9 Å². The van der Waals surface area contributed by atoms with Gasteiger partial charge < -0.3 is 0 Å². The van der Waals surface area contributed by atoms with Crippen molar-refractivity contribution >= 4 is 37.5 Å². The summed E-state index contributed by atoms with van der Waals surface area (Å²) in [7, 11) is -1.90. The predicted molar refractivity (Wildman–Crippen MR) is 96.9 cm³/mol. The number of carbonyl (C=O) groups excluding carboxylic acids is 1. The first-order valence-electron chi connectivity index (χ1n) is 7.22. The number of carbonyl (C=O) groups is 1. The standard InChI is InChI=1S/C16H18BrN3O3S/c1-20(14-5-3-2-4-6-14)19-16(21)11-12-18-24(22,23)15-9-7-13(17)8-10-15/h2-10,18H,11-12H2,1H3,(H,19,21). The number of benzene rings is 2. The van der Waals surface area contributed by atoms with Gasteiger partial charge in [-0.3, -0.25) is 15.2 Å². The van der Waals surface area contributed by atoms with Crippen LogP contribution in [0.3, 0.4) is 0 Å². The van der Waals surface area contributed by atoms with Crippen molar-refractivity contribution in [3.05, 3.63) is 59.1 Å². The Hall–Kier alpha value is -1.90. The molecular formula is C16H18BrN3O3S. The summed E-state index contributed by atoms with van der Waals surface area (Å²) >= 11 is 3.25. The second kappa shape index (κ2) is 8.27. The molecule has 0 aromatic heterocycles. The van der Waals surface area contributed by atoms with Crippen molar-refractivity contribution < 1.29 is 13.2 Å². The molecule has 0 aliphatic heterocycles. The van der Waals surface area contributed by atoms with E-state index in [0.29, 0.717) is 0 Å². The molecule has 8 heteroatoms. The van der Waals surface area contributed by atoms with Gasteiger partial charge in [0, 0.05) is 24.5 Å². The number of amides is 1. The monoisotopic (exact) mass is 411 g/mol. The third kappa shape index (κ3) is 5.33. The molecule has 0 bridgehead atoms. The van der Waals surface area contributed by atoms with Gasteiger partial charge in [0.2, 0.25) is 15.9 Å². The van der Waals surface area contributed by atoms with E-state index in [9.17, 15) is 13.2 Å². The summed E-state index contributed by atoms with van der Waals surface area (Å²) in [6.07, 6.45) is 0.0347. The van der Waals surface area contributed by atoms with Gasteiger partial charge in [0.25, 0.3) is 0 Å². The summed E-state index contributed by atoms with van der Waals surface area (Å²) in [6.45, 7) is 0.0207. The minimum absolute atomic E-state index is 0.0207. The summed E-state index contributed by atoms with van der Waals surface area (Å²) in [5.74, 6) is -0.278. The van der Waals surface area contributed by atoms with E-state index in [1.165, 1.54) is 12.1 Å². The minimum atomic E-state index is -3.62. The van der Waals surface area contributed by atoms with Gasteiger partial charge in [-0.25, -0.2) is 13.1 Å². The van der Waals surface area contributed by atoms with Crippen molar-refractivity contribution in [3.8, 4) is 0 Å². The average molecular weight is 412 g/mol. The van der Waals surface area contributed by atoms with E-state index in [4.69, 9.17) is 0 Å².